The first-order valence-electron chi connectivity index (χ1n) is 9.99. The van der Waals surface area contributed by atoms with Gasteiger partial charge in [0.05, 0.1) is 12.0 Å². The van der Waals surface area contributed by atoms with Crippen LogP contribution in [0.4, 0.5) is 4.39 Å². The molecule has 1 aliphatic heterocycles. The lowest BCUT2D eigenvalue weighted by Gasteiger charge is -2.34. The summed E-state index contributed by atoms with van der Waals surface area (Å²) in [5.74, 6) is 0.829. The van der Waals surface area contributed by atoms with E-state index in [0.717, 1.165) is 55.4 Å². The summed E-state index contributed by atoms with van der Waals surface area (Å²) in [6, 6.07) is 7.23. The van der Waals surface area contributed by atoms with E-state index >= 15 is 0 Å². The lowest BCUT2D eigenvalue weighted by Crippen LogP contribution is -2.48. The van der Waals surface area contributed by atoms with Crippen molar-refractivity contribution in [3.63, 3.8) is 0 Å². The molecule has 2 aliphatic rings. The highest BCUT2D eigenvalue weighted by atomic mass is 32.1. The molecule has 1 aromatic heterocycles. The Morgan fingerprint density at radius 3 is 2.75 bits per heavy atom. The number of benzene rings is 1. The molecule has 1 saturated heterocycles. The molecule has 6 heteroatoms. The van der Waals surface area contributed by atoms with E-state index in [4.69, 9.17) is 4.74 Å². The van der Waals surface area contributed by atoms with Crippen LogP contribution >= 0.6 is 11.3 Å². The summed E-state index contributed by atoms with van der Waals surface area (Å²) in [4.78, 5) is 19.5. The third-order valence-corrected chi connectivity index (χ3v) is 7.05. The first kappa shape index (κ1) is 19.4. The topological polar surface area (TPSA) is 32.8 Å². The van der Waals surface area contributed by atoms with Crippen molar-refractivity contribution in [3.8, 4) is 5.75 Å². The third-order valence-electron chi connectivity index (χ3n) is 5.82. The molecular weight excluding hydrogens is 375 g/mol. The Morgan fingerprint density at radius 1 is 1.25 bits per heavy atom. The number of amides is 1. The third kappa shape index (κ3) is 4.08. The lowest BCUT2D eigenvalue weighted by atomic mass is 9.90. The number of ether oxygens (including phenoxy) is 1. The maximum absolute atomic E-state index is 13.9. The van der Waals surface area contributed by atoms with Crippen molar-refractivity contribution in [2.75, 3.05) is 33.3 Å². The van der Waals surface area contributed by atoms with Gasteiger partial charge in [-0.2, -0.15) is 0 Å². The van der Waals surface area contributed by atoms with Gasteiger partial charge >= 0.3 is 0 Å². The Morgan fingerprint density at radius 2 is 2.04 bits per heavy atom. The summed E-state index contributed by atoms with van der Waals surface area (Å²) >= 11 is 1.69. The minimum atomic E-state index is -0.329. The molecule has 1 amide bonds. The number of carbonyl (C=O) groups is 1. The van der Waals surface area contributed by atoms with Crippen molar-refractivity contribution in [3.05, 3.63) is 51.0 Å². The van der Waals surface area contributed by atoms with E-state index in [9.17, 15) is 9.18 Å². The maximum Gasteiger partial charge on any atom is 0.264 e. The highest BCUT2D eigenvalue weighted by Gasteiger charge is 2.26. The molecule has 2 aromatic rings. The van der Waals surface area contributed by atoms with Gasteiger partial charge in [-0.3, -0.25) is 9.69 Å². The standard InChI is InChI=1S/C22H27FN2O2S/c1-15-3-6-20-17(11-15)13-21(28-20)22(26)25-9-7-24(8-10-25)14-16-4-5-19(27-2)18(23)12-16/h4-5,12-13,15H,3,6-11,14H2,1-2H3. The molecule has 1 aromatic carbocycles. The number of thiophene rings is 1. The van der Waals surface area contributed by atoms with E-state index in [2.05, 4.69) is 17.9 Å². The van der Waals surface area contributed by atoms with Gasteiger partial charge in [0.25, 0.3) is 5.91 Å². The van der Waals surface area contributed by atoms with Gasteiger partial charge < -0.3 is 9.64 Å². The predicted molar refractivity (Wildman–Crippen MR) is 110 cm³/mol. The number of aryl methyl sites for hydroxylation is 1. The molecule has 4 rings (SSSR count). The van der Waals surface area contributed by atoms with E-state index in [-0.39, 0.29) is 17.5 Å². The normalized spacial score (nSPS) is 20.1. The van der Waals surface area contributed by atoms with Gasteiger partial charge in [0.15, 0.2) is 11.6 Å². The van der Waals surface area contributed by atoms with E-state index in [1.165, 1.54) is 30.0 Å². The van der Waals surface area contributed by atoms with Crippen molar-refractivity contribution >= 4 is 17.2 Å². The van der Waals surface area contributed by atoms with Crippen molar-refractivity contribution in [1.82, 2.24) is 9.80 Å². The number of carbonyl (C=O) groups excluding carboxylic acids is 1. The SMILES string of the molecule is COc1ccc(CN2CCN(C(=O)c3cc4c(s3)CCC(C)C4)CC2)cc1F. The minimum absolute atomic E-state index is 0.169. The highest BCUT2D eigenvalue weighted by molar-refractivity contribution is 7.14. The van der Waals surface area contributed by atoms with Crippen LogP contribution in [-0.2, 0) is 19.4 Å². The van der Waals surface area contributed by atoms with Crippen molar-refractivity contribution in [2.45, 2.75) is 32.7 Å². The minimum Gasteiger partial charge on any atom is -0.494 e. The fourth-order valence-corrected chi connectivity index (χ4v) is 5.32. The van der Waals surface area contributed by atoms with Crippen molar-refractivity contribution in [2.24, 2.45) is 5.92 Å². The van der Waals surface area contributed by atoms with Gasteiger partial charge in [-0.05, 0) is 54.5 Å². The quantitative estimate of drug-likeness (QED) is 0.776. The second kappa shape index (κ2) is 8.21. The van der Waals surface area contributed by atoms with Gasteiger partial charge in [-0.25, -0.2) is 4.39 Å². The van der Waals surface area contributed by atoms with Gasteiger partial charge in [0, 0.05) is 37.6 Å². The molecular formula is C22H27FN2O2S. The zero-order valence-corrected chi connectivity index (χ0v) is 17.4. The highest BCUT2D eigenvalue weighted by Crippen LogP contribution is 2.33. The smallest absolute Gasteiger partial charge is 0.264 e. The largest absolute Gasteiger partial charge is 0.494 e. The Bertz CT molecular complexity index is 858. The summed E-state index contributed by atoms with van der Waals surface area (Å²) in [6.07, 6.45) is 3.44. The van der Waals surface area contributed by atoms with Crippen molar-refractivity contribution < 1.29 is 13.9 Å². The summed E-state index contributed by atoms with van der Waals surface area (Å²) in [5, 5.41) is 0. The Hall–Kier alpha value is -1.92. The molecule has 1 aliphatic carbocycles. The second-order valence-electron chi connectivity index (χ2n) is 7.94. The van der Waals surface area contributed by atoms with Crippen LogP contribution in [0.3, 0.4) is 0 Å². The molecule has 0 bridgehead atoms. The van der Waals surface area contributed by atoms with E-state index in [1.807, 2.05) is 11.0 Å². The van der Waals surface area contributed by atoms with E-state index in [1.54, 1.807) is 17.4 Å². The molecule has 28 heavy (non-hydrogen) atoms. The lowest BCUT2D eigenvalue weighted by molar-refractivity contribution is 0.0633. The van der Waals surface area contributed by atoms with Gasteiger partial charge in [0.2, 0.25) is 0 Å². The number of halogens is 1. The number of hydrogen-bond acceptors (Lipinski definition) is 4. The van der Waals surface area contributed by atoms with Crippen LogP contribution in [0.15, 0.2) is 24.3 Å². The molecule has 2 heterocycles. The van der Waals surface area contributed by atoms with Crippen LogP contribution in [0.5, 0.6) is 5.75 Å². The predicted octanol–water partition coefficient (Wildman–Crippen LogP) is 3.98. The number of fused-ring (bicyclic) bond motifs is 1. The fraction of sp³-hybridized carbons (Fsp3) is 0.500. The second-order valence-corrected chi connectivity index (χ2v) is 9.08. The zero-order chi connectivity index (χ0) is 19.7. The first-order chi connectivity index (χ1) is 13.5. The summed E-state index contributed by atoms with van der Waals surface area (Å²) in [6.45, 7) is 6.03. The summed E-state index contributed by atoms with van der Waals surface area (Å²) in [7, 11) is 1.47. The molecule has 1 fully saturated rings. The Kier molecular flexibility index (Phi) is 5.69. The Labute approximate surface area is 169 Å². The van der Waals surface area contributed by atoms with Crippen LogP contribution in [0.25, 0.3) is 0 Å². The van der Waals surface area contributed by atoms with Gasteiger partial charge in [-0.1, -0.05) is 13.0 Å². The van der Waals surface area contributed by atoms with Crippen LogP contribution < -0.4 is 4.74 Å². The number of rotatable bonds is 4. The Balaban J connectivity index is 1.34. The number of nitrogens with zero attached hydrogens (tertiary/aromatic N) is 2. The molecule has 0 radical (unpaired) electrons. The number of methoxy groups -OCH3 is 1. The molecule has 0 spiro atoms. The van der Waals surface area contributed by atoms with Gasteiger partial charge in [0.1, 0.15) is 0 Å². The average molecular weight is 403 g/mol. The average Bonchev–Trinajstić information content (AvgIpc) is 3.11. The molecule has 0 saturated carbocycles. The monoisotopic (exact) mass is 402 g/mol. The molecule has 0 N–H and O–H groups in total. The van der Waals surface area contributed by atoms with Crippen LogP contribution in [0.2, 0.25) is 0 Å². The molecule has 4 nitrogen and oxygen atoms in total. The zero-order valence-electron chi connectivity index (χ0n) is 16.5. The maximum atomic E-state index is 13.9. The number of hydrogen-bond donors (Lipinski definition) is 0. The van der Waals surface area contributed by atoms with Crippen molar-refractivity contribution in [1.29, 1.82) is 0 Å². The summed E-state index contributed by atoms with van der Waals surface area (Å²) in [5.41, 5.74) is 2.31. The molecule has 1 unspecified atom stereocenters. The number of piperazine rings is 1. The summed E-state index contributed by atoms with van der Waals surface area (Å²) < 4.78 is 18.9. The van der Waals surface area contributed by atoms with E-state index < -0.39 is 0 Å². The van der Waals surface area contributed by atoms with E-state index in [0.29, 0.717) is 6.54 Å². The molecule has 150 valence electrons. The fourth-order valence-electron chi connectivity index (χ4n) is 4.14. The van der Waals surface area contributed by atoms with Crippen LogP contribution in [0.1, 0.15) is 39.0 Å². The van der Waals surface area contributed by atoms with Crippen LogP contribution in [0, 0.1) is 11.7 Å². The first-order valence-corrected chi connectivity index (χ1v) is 10.8. The molecule has 1 atom stereocenters. The van der Waals surface area contributed by atoms with Crippen LogP contribution in [-0.4, -0.2) is 49.0 Å². The van der Waals surface area contributed by atoms with Gasteiger partial charge in [-0.15, -0.1) is 11.3 Å².